The highest BCUT2D eigenvalue weighted by molar-refractivity contribution is 6.32. The summed E-state index contributed by atoms with van der Waals surface area (Å²) in [6.07, 6.45) is 1.54. The van der Waals surface area contributed by atoms with Gasteiger partial charge in [0.15, 0.2) is 0 Å². The first-order valence-electron chi connectivity index (χ1n) is 7.56. The lowest BCUT2D eigenvalue weighted by Gasteiger charge is -2.24. The Kier molecular flexibility index (Phi) is 4.33. The maximum Gasteiger partial charge on any atom is 0.288 e. The second-order valence-electron chi connectivity index (χ2n) is 5.56. The van der Waals surface area contributed by atoms with Crippen molar-refractivity contribution >= 4 is 17.3 Å². The van der Waals surface area contributed by atoms with Gasteiger partial charge in [-0.3, -0.25) is 15.2 Å². The average molecular weight is 360 g/mol. The maximum absolute atomic E-state index is 11.2. The molecule has 0 saturated heterocycles. The highest BCUT2D eigenvalue weighted by Gasteiger charge is 2.35. The Balaban J connectivity index is 2.23. The van der Waals surface area contributed by atoms with E-state index >= 15 is 0 Å². The summed E-state index contributed by atoms with van der Waals surface area (Å²) in [6.45, 7) is 2.01. The standard InChI is InChI=1S/C16H14ClN5O3/c1-2-3-11-14-13(8-4-5-10(17)12(6-8)22(23)24)9(7-18)15(19)25-16(14)21-20-11/h4-6,13H,2-3,19H2,1H3,(H,20,21)/t13-/m0/s1. The molecule has 1 atom stereocenters. The zero-order chi connectivity index (χ0) is 18.1. The van der Waals surface area contributed by atoms with E-state index < -0.39 is 10.8 Å². The highest BCUT2D eigenvalue weighted by atomic mass is 35.5. The van der Waals surface area contributed by atoms with Gasteiger partial charge in [0.1, 0.15) is 16.7 Å². The summed E-state index contributed by atoms with van der Waals surface area (Å²) in [5, 5.41) is 27.8. The predicted molar refractivity (Wildman–Crippen MR) is 90.0 cm³/mol. The molecule has 8 nitrogen and oxygen atoms in total. The number of halogens is 1. The average Bonchev–Trinajstić information content (AvgIpc) is 2.96. The number of H-pyrrole nitrogens is 1. The number of aromatic amines is 1. The van der Waals surface area contributed by atoms with Crippen LogP contribution in [0.1, 0.15) is 36.1 Å². The van der Waals surface area contributed by atoms with Gasteiger partial charge in [0.25, 0.3) is 5.69 Å². The fraction of sp³-hybridized carbons (Fsp3) is 0.250. The van der Waals surface area contributed by atoms with Gasteiger partial charge < -0.3 is 10.5 Å². The molecule has 0 bridgehead atoms. The summed E-state index contributed by atoms with van der Waals surface area (Å²) >= 11 is 5.90. The van der Waals surface area contributed by atoms with Crippen LogP contribution in [-0.2, 0) is 6.42 Å². The molecule has 0 amide bonds. The molecule has 3 rings (SSSR count). The number of hydrogen-bond donors (Lipinski definition) is 2. The zero-order valence-corrected chi connectivity index (χ0v) is 14.0. The fourth-order valence-electron chi connectivity index (χ4n) is 2.93. The monoisotopic (exact) mass is 359 g/mol. The lowest BCUT2D eigenvalue weighted by molar-refractivity contribution is -0.384. The van der Waals surface area contributed by atoms with Crippen LogP contribution in [0.2, 0.25) is 5.02 Å². The maximum atomic E-state index is 11.2. The van der Waals surface area contributed by atoms with Gasteiger partial charge in [0, 0.05) is 17.3 Å². The minimum atomic E-state index is -0.606. The molecule has 25 heavy (non-hydrogen) atoms. The second kappa shape index (κ2) is 6.45. The molecule has 1 aliphatic rings. The van der Waals surface area contributed by atoms with Gasteiger partial charge in [-0.1, -0.05) is 31.0 Å². The van der Waals surface area contributed by atoms with E-state index in [9.17, 15) is 15.4 Å². The number of benzene rings is 1. The molecule has 0 radical (unpaired) electrons. The molecule has 2 heterocycles. The Morgan fingerprint density at radius 2 is 2.32 bits per heavy atom. The summed E-state index contributed by atoms with van der Waals surface area (Å²) in [5.41, 5.74) is 7.82. The number of nitrogens with one attached hydrogen (secondary N) is 1. The largest absolute Gasteiger partial charge is 0.420 e. The molecule has 0 unspecified atom stereocenters. The molecule has 2 aromatic rings. The summed E-state index contributed by atoms with van der Waals surface area (Å²) in [5.74, 6) is -0.389. The van der Waals surface area contributed by atoms with Crippen LogP contribution in [0.4, 0.5) is 5.69 Å². The van der Waals surface area contributed by atoms with Crippen molar-refractivity contribution in [2.45, 2.75) is 25.7 Å². The Morgan fingerprint density at radius 1 is 1.56 bits per heavy atom. The van der Waals surface area contributed by atoms with Crippen molar-refractivity contribution in [3.05, 3.63) is 61.6 Å². The van der Waals surface area contributed by atoms with E-state index in [0.29, 0.717) is 17.5 Å². The van der Waals surface area contributed by atoms with Crippen LogP contribution in [-0.4, -0.2) is 15.1 Å². The van der Waals surface area contributed by atoms with Gasteiger partial charge in [-0.2, -0.15) is 5.26 Å². The summed E-state index contributed by atoms with van der Waals surface area (Å²) in [4.78, 5) is 10.7. The van der Waals surface area contributed by atoms with Crippen LogP contribution in [0.3, 0.4) is 0 Å². The number of nitriles is 1. The van der Waals surface area contributed by atoms with Gasteiger partial charge in [-0.05, 0) is 18.1 Å². The number of hydrogen-bond acceptors (Lipinski definition) is 6. The van der Waals surface area contributed by atoms with E-state index in [-0.39, 0.29) is 28.0 Å². The molecular formula is C16H14ClN5O3. The molecule has 0 fully saturated rings. The number of fused-ring (bicyclic) bond motifs is 1. The van der Waals surface area contributed by atoms with Crippen molar-refractivity contribution < 1.29 is 9.66 Å². The van der Waals surface area contributed by atoms with Crippen LogP contribution >= 0.6 is 11.6 Å². The normalized spacial score (nSPS) is 16.1. The minimum Gasteiger partial charge on any atom is -0.420 e. The number of ether oxygens (including phenoxy) is 1. The topological polar surface area (TPSA) is 131 Å². The summed E-state index contributed by atoms with van der Waals surface area (Å²) in [7, 11) is 0. The van der Waals surface area contributed by atoms with Crippen molar-refractivity contribution in [3.8, 4) is 11.9 Å². The third kappa shape index (κ3) is 2.79. The molecule has 128 valence electrons. The highest BCUT2D eigenvalue weighted by Crippen LogP contribution is 2.44. The first-order valence-corrected chi connectivity index (χ1v) is 7.94. The number of aromatic nitrogens is 2. The number of nitrogens with two attached hydrogens (primary N) is 1. The van der Waals surface area contributed by atoms with Crippen LogP contribution in [0.5, 0.6) is 5.88 Å². The van der Waals surface area contributed by atoms with Gasteiger partial charge >= 0.3 is 0 Å². The number of nitro benzene ring substituents is 1. The molecule has 1 aromatic heterocycles. The number of nitrogens with zero attached hydrogens (tertiary/aromatic N) is 3. The van der Waals surface area contributed by atoms with Crippen LogP contribution < -0.4 is 10.5 Å². The van der Waals surface area contributed by atoms with E-state index in [1.54, 1.807) is 6.07 Å². The third-order valence-corrected chi connectivity index (χ3v) is 4.34. The van der Waals surface area contributed by atoms with Gasteiger partial charge in [-0.15, -0.1) is 5.10 Å². The van der Waals surface area contributed by atoms with Crippen LogP contribution in [0.25, 0.3) is 0 Å². The van der Waals surface area contributed by atoms with Crippen LogP contribution in [0, 0.1) is 21.4 Å². The SMILES string of the molecule is CCCc1[nH]nc2c1[C@@H](c1ccc(Cl)c([N+](=O)[O-])c1)C(C#N)=C(N)O2. The molecule has 0 spiro atoms. The van der Waals surface area contributed by atoms with Crippen molar-refractivity contribution in [2.24, 2.45) is 5.73 Å². The molecule has 9 heteroatoms. The van der Waals surface area contributed by atoms with Crippen molar-refractivity contribution in [3.63, 3.8) is 0 Å². The Hall–Kier alpha value is -3.05. The Bertz CT molecular complexity index is 928. The fourth-order valence-corrected chi connectivity index (χ4v) is 3.12. The van der Waals surface area contributed by atoms with Crippen molar-refractivity contribution in [2.75, 3.05) is 0 Å². The van der Waals surface area contributed by atoms with Crippen molar-refractivity contribution in [1.29, 1.82) is 5.26 Å². The molecule has 1 aromatic carbocycles. The van der Waals surface area contributed by atoms with E-state index in [1.165, 1.54) is 12.1 Å². The third-order valence-electron chi connectivity index (χ3n) is 4.02. The molecule has 1 aliphatic heterocycles. The van der Waals surface area contributed by atoms with Crippen molar-refractivity contribution in [1.82, 2.24) is 10.2 Å². The predicted octanol–water partition coefficient (Wildman–Crippen LogP) is 3.14. The smallest absolute Gasteiger partial charge is 0.288 e. The molecule has 0 saturated carbocycles. The quantitative estimate of drug-likeness (QED) is 0.636. The molecule has 3 N–H and O–H groups in total. The van der Waals surface area contributed by atoms with Crippen LogP contribution in [0.15, 0.2) is 29.7 Å². The zero-order valence-electron chi connectivity index (χ0n) is 13.2. The lowest BCUT2D eigenvalue weighted by atomic mass is 9.83. The van der Waals surface area contributed by atoms with E-state index in [0.717, 1.165) is 12.1 Å². The second-order valence-corrected chi connectivity index (χ2v) is 5.97. The van der Waals surface area contributed by atoms with Gasteiger partial charge in [0.2, 0.25) is 11.8 Å². The first-order chi connectivity index (χ1) is 12.0. The molecular weight excluding hydrogens is 346 g/mol. The minimum absolute atomic E-state index is 0.0254. The molecule has 0 aliphatic carbocycles. The Morgan fingerprint density at radius 3 is 2.96 bits per heavy atom. The van der Waals surface area contributed by atoms with Gasteiger partial charge in [-0.25, -0.2) is 0 Å². The summed E-state index contributed by atoms with van der Waals surface area (Å²) in [6, 6.07) is 6.49. The number of nitro groups is 1. The number of allylic oxidation sites excluding steroid dienone is 1. The first kappa shape index (κ1) is 16.8. The van der Waals surface area contributed by atoms with E-state index in [2.05, 4.69) is 16.3 Å². The number of rotatable bonds is 4. The number of aryl methyl sites for hydroxylation is 1. The van der Waals surface area contributed by atoms with Gasteiger partial charge in [0.05, 0.1) is 10.8 Å². The lowest BCUT2D eigenvalue weighted by Crippen LogP contribution is -2.21. The van der Waals surface area contributed by atoms with E-state index in [4.69, 9.17) is 22.1 Å². The Labute approximate surface area is 148 Å². The van der Waals surface area contributed by atoms with E-state index in [1.807, 2.05) is 6.92 Å². The summed E-state index contributed by atoms with van der Waals surface area (Å²) < 4.78 is 5.45.